The fraction of sp³-hybridized carbons (Fsp3) is 0.364. The van der Waals surface area contributed by atoms with Gasteiger partial charge in [0.25, 0.3) is 0 Å². The van der Waals surface area contributed by atoms with Crippen molar-refractivity contribution in [2.75, 3.05) is 5.75 Å². The van der Waals surface area contributed by atoms with E-state index in [1.807, 2.05) is 17.5 Å². The highest BCUT2D eigenvalue weighted by molar-refractivity contribution is 7.99. The number of hydrogen-bond donors (Lipinski definition) is 0. The van der Waals surface area contributed by atoms with Gasteiger partial charge in [-0.1, -0.05) is 17.8 Å². The van der Waals surface area contributed by atoms with Crippen LogP contribution >= 0.6 is 23.1 Å². The van der Waals surface area contributed by atoms with Gasteiger partial charge < -0.3 is 4.57 Å². The van der Waals surface area contributed by atoms with Crippen molar-refractivity contribution in [3.8, 4) is 16.8 Å². The Morgan fingerprint density at radius 3 is 3.06 bits per heavy atom. The Hall–Kier alpha value is -1.32. The third kappa shape index (κ3) is 2.68. The maximum absolute atomic E-state index is 8.52. The van der Waals surface area contributed by atoms with Crippen LogP contribution in [0.4, 0.5) is 0 Å². The third-order valence-electron chi connectivity index (χ3n) is 2.22. The Balaban J connectivity index is 2.22. The highest BCUT2D eigenvalue weighted by atomic mass is 32.2. The van der Waals surface area contributed by atoms with E-state index in [0.29, 0.717) is 6.42 Å². The molecule has 6 heteroatoms. The second kappa shape index (κ2) is 5.84. The van der Waals surface area contributed by atoms with Gasteiger partial charge in [0, 0.05) is 18.7 Å². The van der Waals surface area contributed by atoms with Crippen molar-refractivity contribution in [1.29, 1.82) is 5.26 Å². The molecule has 2 aromatic rings. The number of thioether (sulfide) groups is 1. The van der Waals surface area contributed by atoms with Crippen molar-refractivity contribution in [3.05, 3.63) is 17.5 Å². The van der Waals surface area contributed by atoms with E-state index in [2.05, 4.69) is 27.8 Å². The highest BCUT2D eigenvalue weighted by Gasteiger charge is 2.13. The molecule has 0 aliphatic heterocycles. The number of hydrogen-bond acceptors (Lipinski definition) is 5. The maximum Gasteiger partial charge on any atom is 0.191 e. The van der Waals surface area contributed by atoms with Gasteiger partial charge in [-0.25, -0.2) is 0 Å². The minimum Gasteiger partial charge on any atom is -0.302 e. The van der Waals surface area contributed by atoms with Crippen LogP contribution in [0.5, 0.6) is 0 Å². The first kappa shape index (κ1) is 12.1. The highest BCUT2D eigenvalue weighted by Crippen LogP contribution is 2.27. The molecule has 0 aromatic carbocycles. The average Bonchev–Trinajstić information content (AvgIpc) is 2.97. The molecule has 0 spiro atoms. The summed E-state index contributed by atoms with van der Waals surface area (Å²) < 4.78 is 2.09. The van der Waals surface area contributed by atoms with Gasteiger partial charge in [0.15, 0.2) is 11.0 Å². The molecular formula is C11H12N4S2. The Morgan fingerprint density at radius 2 is 2.41 bits per heavy atom. The molecule has 0 atom stereocenters. The molecule has 0 unspecified atom stereocenters. The third-order valence-corrected chi connectivity index (χ3v) is 4.05. The summed E-state index contributed by atoms with van der Waals surface area (Å²) in [7, 11) is 0. The van der Waals surface area contributed by atoms with Crippen LogP contribution in [-0.2, 0) is 6.54 Å². The molecule has 2 heterocycles. The number of thiophene rings is 1. The molecule has 17 heavy (non-hydrogen) atoms. The molecular weight excluding hydrogens is 252 g/mol. The lowest BCUT2D eigenvalue weighted by Gasteiger charge is -2.04. The first-order valence-electron chi connectivity index (χ1n) is 5.33. The molecule has 0 saturated carbocycles. The maximum atomic E-state index is 8.52. The predicted molar refractivity (Wildman–Crippen MR) is 70.0 cm³/mol. The molecule has 2 aromatic heterocycles. The number of aromatic nitrogens is 3. The largest absolute Gasteiger partial charge is 0.302 e. The lowest BCUT2D eigenvalue weighted by molar-refractivity contribution is 0.688. The zero-order valence-corrected chi connectivity index (χ0v) is 11.1. The van der Waals surface area contributed by atoms with E-state index < -0.39 is 0 Å². The Morgan fingerprint density at radius 1 is 1.53 bits per heavy atom. The summed E-state index contributed by atoms with van der Waals surface area (Å²) in [6.07, 6.45) is 0.537. The number of nitriles is 1. The molecule has 0 fully saturated rings. The van der Waals surface area contributed by atoms with Crippen molar-refractivity contribution in [2.24, 2.45) is 0 Å². The summed E-state index contributed by atoms with van der Waals surface area (Å²) in [5, 5.41) is 19.9. The van der Waals surface area contributed by atoms with Crippen LogP contribution in [0.2, 0.25) is 0 Å². The van der Waals surface area contributed by atoms with Crippen LogP contribution in [0.3, 0.4) is 0 Å². The van der Waals surface area contributed by atoms with Crippen molar-refractivity contribution in [2.45, 2.75) is 25.0 Å². The summed E-state index contributed by atoms with van der Waals surface area (Å²) in [5.74, 6) is 1.68. The van der Waals surface area contributed by atoms with Crippen molar-refractivity contribution in [1.82, 2.24) is 14.8 Å². The van der Waals surface area contributed by atoms with Gasteiger partial charge in [0.05, 0.1) is 10.9 Å². The summed E-state index contributed by atoms with van der Waals surface area (Å²) in [4.78, 5) is 1.13. The summed E-state index contributed by atoms with van der Waals surface area (Å²) in [5.41, 5.74) is 0. The standard InChI is InChI=1S/C11H12N4S2/c1-2-15-10(9-5-3-7-16-9)13-14-11(15)17-8-4-6-12/h3,5,7H,2,4,8H2,1H3. The number of rotatable bonds is 5. The monoisotopic (exact) mass is 264 g/mol. The molecule has 0 bridgehead atoms. The van der Waals surface area contributed by atoms with Gasteiger partial charge in [-0.3, -0.25) is 0 Å². The first-order chi connectivity index (χ1) is 8.36. The molecule has 88 valence electrons. The van der Waals surface area contributed by atoms with Gasteiger partial charge in [-0.15, -0.1) is 21.5 Å². The van der Waals surface area contributed by atoms with Gasteiger partial charge in [-0.05, 0) is 18.4 Å². The lowest BCUT2D eigenvalue weighted by Crippen LogP contribution is -1.99. The first-order valence-corrected chi connectivity index (χ1v) is 7.20. The van der Waals surface area contributed by atoms with Crippen molar-refractivity contribution >= 4 is 23.1 Å². The Kier molecular flexibility index (Phi) is 4.18. The lowest BCUT2D eigenvalue weighted by atomic mass is 10.4. The van der Waals surface area contributed by atoms with Gasteiger partial charge >= 0.3 is 0 Å². The van der Waals surface area contributed by atoms with Crippen LogP contribution in [0.25, 0.3) is 10.7 Å². The van der Waals surface area contributed by atoms with E-state index in [4.69, 9.17) is 5.26 Å². The van der Waals surface area contributed by atoms with Crippen molar-refractivity contribution in [3.63, 3.8) is 0 Å². The van der Waals surface area contributed by atoms with E-state index in [0.717, 1.165) is 28.2 Å². The van der Waals surface area contributed by atoms with E-state index in [9.17, 15) is 0 Å². The average molecular weight is 264 g/mol. The summed E-state index contributed by atoms with van der Waals surface area (Å²) in [6.45, 7) is 2.92. The van der Waals surface area contributed by atoms with Gasteiger partial charge in [0.1, 0.15) is 0 Å². The second-order valence-electron chi connectivity index (χ2n) is 3.28. The molecule has 0 amide bonds. The minimum atomic E-state index is 0.537. The molecule has 2 rings (SSSR count). The topological polar surface area (TPSA) is 54.5 Å². The molecule has 4 nitrogen and oxygen atoms in total. The quantitative estimate of drug-likeness (QED) is 0.615. The predicted octanol–water partition coefficient (Wildman–Crippen LogP) is 3.03. The van der Waals surface area contributed by atoms with Crippen LogP contribution < -0.4 is 0 Å². The molecule has 0 N–H and O–H groups in total. The van der Waals surface area contributed by atoms with E-state index in [1.165, 1.54) is 0 Å². The van der Waals surface area contributed by atoms with Crippen LogP contribution in [0, 0.1) is 11.3 Å². The fourth-order valence-corrected chi connectivity index (χ4v) is 3.02. The Bertz CT molecular complexity index is 510. The SMILES string of the molecule is CCn1c(SCCC#N)nnc1-c1cccs1. The minimum absolute atomic E-state index is 0.537. The van der Waals surface area contributed by atoms with Crippen LogP contribution in [-0.4, -0.2) is 20.5 Å². The molecule has 0 radical (unpaired) electrons. The summed E-state index contributed by atoms with van der Waals surface area (Å²) in [6, 6.07) is 6.19. The van der Waals surface area contributed by atoms with Crippen LogP contribution in [0.15, 0.2) is 22.7 Å². The van der Waals surface area contributed by atoms with Crippen molar-refractivity contribution < 1.29 is 0 Å². The second-order valence-corrected chi connectivity index (χ2v) is 5.29. The summed E-state index contributed by atoms with van der Waals surface area (Å²) >= 11 is 3.25. The normalized spacial score (nSPS) is 10.4. The van der Waals surface area contributed by atoms with E-state index >= 15 is 0 Å². The van der Waals surface area contributed by atoms with Gasteiger partial charge in [0.2, 0.25) is 0 Å². The zero-order chi connectivity index (χ0) is 12.1. The van der Waals surface area contributed by atoms with Gasteiger partial charge in [-0.2, -0.15) is 5.26 Å². The van der Waals surface area contributed by atoms with E-state index in [-0.39, 0.29) is 0 Å². The number of nitrogens with zero attached hydrogens (tertiary/aromatic N) is 4. The molecule has 0 saturated heterocycles. The smallest absolute Gasteiger partial charge is 0.191 e. The zero-order valence-electron chi connectivity index (χ0n) is 9.46. The molecule has 0 aliphatic carbocycles. The Labute approximate surface area is 108 Å². The van der Waals surface area contributed by atoms with E-state index in [1.54, 1.807) is 23.1 Å². The van der Waals surface area contributed by atoms with Crippen LogP contribution in [0.1, 0.15) is 13.3 Å². The molecule has 0 aliphatic rings. The fourth-order valence-electron chi connectivity index (χ4n) is 1.46.